The standard InChI is InChI=1S/C18H21N3O2S2/c1-10-7-12(3)14(8-11(10)2)5-6-16(23)21-18-20-13(4)17(25-18)24-9-15(19)22/h5-8H,9H2,1-4H3,(H2,19,22)(H,20,21,23)/b6-5+. The number of carbonyl (C=O) groups excluding carboxylic acids is 2. The molecule has 0 bridgehead atoms. The molecule has 7 heteroatoms. The number of thiazole rings is 1. The van der Waals surface area contributed by atoms with Crippen molar-refractivity contribution in [2.75, 3.05) is 11.1 Å². The molecule has 1 aromatic heterocycles. The van der Waals surface area contributed by atoms with Gasteiger partial charge in [-0.05, 0) is 56.0 Å². The molecular weight excluding hydrogens is 354 g/mol. The van der Waals surface area contributed by atoms with Crippen LogP contribution in [0.3, 0.4) is 0 Å². The first kappa shape index (κ1) is 19.2. The van der Waals surface area contributed by atoms with Crippen molar-refractivity contribution in [2.24, 2.45) is 5.73 Å². The zero-order valence-electron chi connectivity index (χ0n) is 14.7. The second-order valence-electron chi connectivity index (χ2n) is 5.76. The highest BCUT2D eigenvalue weighted by atomic mass is 32.2. The quantitative estimate of drug-likeness (QED) is 0.597. The van der Waals surface area contributed by atoms with Crippen LogP contribution in [-0.2, 0) is 9.59 Å². The van der Waals surface area contributed by atoms with Gasteiger partial charge < -0.3 is 5.73 Å². The Balaban J connectivity index is 2.04. The Hall–Kier alpha value is -2.12. The van der Waals surface area contributed by atoms with Crippen LogP contribution >= 0.6 is 23.1 Å². The van der Waals surface area contributed by atoms with Gasteiger partial charge in [0.1, 0.15) is 0 Å². The topological polar surface area (TPSA) is 85.1 Å². The smallest absolute Gasteiger partial charge is 0.250 e. The fraction of sp³-hybridized carbons (Fsp3) is 0.278. The van der Waals surface area contributed by atoms with E-state index in [0.29, 0.717) is 5.13 Å². The summed E-state index contributed by atoms with van der Waals surface area (Å²) in [5.74, 6) is -0.421. The number of anilines is 1. The summed E-state index contributed by atoms with van der Waals surface area (Å²) in [4.78, 5) is 27.3. The Kier molecular flexibility index (Phi) is 6.39. The van der Waals surface area contributed by atoms with E-state index in [9.17, 15) is 9.59 Å². The third-order valence-corrected chi connectivity index (χ3v) is 6.08. The lowest BCUT2D eigenvalue weighted by Crippen LogP contribution is -2.12. The number of nitrogens with zero attached hydrogens (tertiary/aromatic N) is 1. The van der Waals surface area contributed by atoms with Gasteiger partial charge >= 0.3 is 0 Å². The van der Waals surface area contributed by atoms with Gasteiger partial charge in [0.2, 0.25) is 11.8 Å². The van der Waals surface area contributed by atoms with Gasteiger partial charge in [0.25, 0.3) is 0 Å². The second kappa shape index (κ2) is 8.31. The van der Waals surface area contributed by atoms with Crippen LogP contribution in [0.25, 0.3) is 6.08 Å². The molecular formula is C18H21N3O2S2. The van der Waals surface area contributed by atoms with Crippen molar-refractivity contribution in [1.82, 2.24) is 4.98 Å². The van der Waals surface area contributed by atoms with Gasteiger partial charge in [-0.2, -0.15) is 0 Å². The van der Waals surface area contributed by atoms with Crippen LogP contribution in [0, 0.1) is 27.7 Å². The average molecular weight is 376 g/mol. The fourth-order valence-corrected chi connectivity index (χ4v) is 4.06. The van der Waals surface area contributed by atoms with E-state index in [1.807, 2.05) is 13.8 Å². The summed E-state index contributed by atoms with van der Waals surface area (Å²) < 4.78 is 0.878. The van der Waals surface area contributed by atoms with Crippen LogP contribution in [0.15, 0.2) is 22.4 Å². The number of rotatable bonds is 6. The highest BCUT2D eigenvalue weighted by Crippen LogP contribution is 2.31. The average Bonchev–Trinajstić information content (AvgIpc) is 2.87. The summed E-state index contributed by atoms with van der Waals surface area (Å²) in [5, 5.41) is 3.27. The molecule has 2 aromatic rings. The van der Waals surface area contributed by atoms with Crippen LogP contribution < -0.4 is 11.1 Å². The predicted molar refractivity (Wildman–Crippen MR) is 105 cm³/mol. The lowest BCUT2D eigenvalue weighted by Gasteiger charge is -2.06. The van der Waals surface area contributed by atoms with Gasteiger partial charge in [-0.25, -0.2) is 4.98 Å². The maximum absolute atomic E-state index is 12.1. The van der Waals surface area contributed by atoms with E-state index >= 15 is 0 Å². The van der Waals surface area contributed by atoms with Crippen LogP contribution in [0.1, 0.15) is 27.9 Å². The number of benzene rings is 1. The Bertz CT molecular complexity index is 841. The SMILES string of the molecule is Cc1cc(C)c(/C=C/C(=O)Nc2nc(C)c(SCC(N)=O)s2)cc1C. The molecule has 0 spiro atoms. The molecule has 1 aromatic carbocycles. The first-order chi connectivity index (χ1) is 11.8. The summed E-state index contributed by atoms with van der Waals surface area (Å²) in [6.07, 6.45) is 3.31. The Morgan fingerprint density at radius 2 is 1.88 bits per heavy atom. The van der Waals surface area contributed by atoms with Gasteiger partial charge in [0, 0.05) is 6.08 Å². The third kappa shape index (κ3) is 5.44. The first-order valence-corrected chi connectivity index (χ1v) is 9.52. The highest BCUT2D eigenvalue weighted by molar-refractivity contribution is 8.01. The number of hydrogen-bond donors (Lipinski definition) is 2. The minimum atomic E-state index is -0.380. The van der Waals surface area contributed by atoms with Crippen LogP contribution in [0.5, 0.6) is 0 Å². The van der Waals surface area contributed by atoms with Crippen molar-refractivity contribution >= 4 is 46.1 Å². The molecule has 3 N–H and O–H groups in total. The molecule has 25 heavy (non-hydrogen) atoms. The summed E-state index contributed by atoms with van der Waals surface area (Å²) in [6.45, 7) is 7.98. The van der Waals surface area contributed by atoms with Crippen LogP contribution in [0.4, 0.5) is 5.13 Å². The van der Waals surface area contributed by atoms with Crippen molar-refractivity contribution < 1.29 is 9.59 Å². The number of nitrogens with two attached hydrogens (primary N) is 1. The molecule has 0 radical (unpaired) electrons. The number of aromatic nitrogens is 1. The molecule has 0 saturated carbocycles. The molecule has 1 heterocycles. The predicted octanol–water partition coefficient (Wildman–Crippen LogP) is 3.61. The van der Waals surface area contributed by atoms with E-state index in [-0.39, 0.29) is 17.6 Å². The molecule has 0 aliphatic heterocycles. The van der Waals surface area contributed by atoms with Crippen molar-refractivity contribution in [1.29, 1.82) is 0 Å². The van der Waals surface area contributed by atoms with Crippen LogP contribution in [0.2, 0.25) is 0 Å². The van der Waals surface area contributed by atoms with Gasteiger partial charge in [-0.3, -0.25) is 14.9 Å². The molecule has 0 saturated heterocycles. The maximum Gasteiger partial charge on any atom is 0.250 e. The van der Waals surface area contributed by atoms with Gasteiger partial charge in [0.05, 0.1) is 15.7 Å². The Labute approximate surface area is 155 Å². The Morgan fingerprint density at radius 1 is 1.20 bits per heavy atom. The third-order valence-electron chi connectivity index (χ3n) is 3.63. The van der Waals surface area contributed by atoms with Crippen molar-refractivity contribution in [3.8, 4) is 0 Å². The number of amides is 2. The van der Waals surface area contributed by atoms with E-state index < -0.39 is 0 Å². The number of aryl methyl sites for hydroxylation is 4. The molecule has 0 fully saturated rings. The molecule has 0 aliphatic carbocycles. The second-order valence-corrected chi connectivity index (χ2v) is 8.01. The monoisotopic (exact) mass is 375 g/mol. The zero-order chi connectivity index (χ0) is 18.6. The van der Waals surface area contributed by atoms with Gasteiger partial charge in [-0.1, -0.05) is 23.5 Å². The van der Waals surface area contributed by atoms with Gasteiger partial charge in [0.15, 0.2) is 5.13 Å². The zero-order valence-corrected chi connectivity index (χ0v) is 16.3. The first-order valence-electron chi connectivity index (χ1n) is 7.71. The highest BCUT2D eigenvalue weighted by Gasteiger charge is 2.11. The largest absolute Gasteiger partial charge is 0.369 e. The number of nitrogens with one attached hydrogen (secondary N) is 1. The maximum atomic E-state index is 12.1. The molecule has 0 unspecified atom stereocenters. The van der Waals surface area contributed by atoms with Crippen LogP contribution in [-0.4, -0.2) is 22.6 Å². The van der Waals surface area contributed by atoms with Crippen molar-refractivity contribution in [3.05, 3.63) is 46.2 Å². The summed E-state index contributed by atoms with van der Waals surface area (Å²) in [6, 6.07) is 4.18. The summed E-state index contributed by atoms with van der Waals surface area (Å²) in [7, 11) is 0. The van der Waals surface area contributed by atoms with E-state index in [4.69, 9.17) is 5.73 Å². The fourth-order valence-electron chi connectivity index (χ4n) is 2.18. The number of thioether (sulfide) groups is 1. The van der Waals surface area contributed by atoms with E-state index in [1.54, 1.807) is 6.08 Å². The summed E-state index contributed by atoms with van der Waals surface area (Å²) >= 11 is 2.67. The lowest BCUT2D eigenvalue weighted by atomic mass is 10.0. The van der Waals surface area contributed by atoms with E-state index in [2.05, 4.69) is 36.3 Å². The van der Waals surface area contributed by atoms with E-state index in [1.165, 1.54) is 40.3 Å². The normalized spacial score (nSPS) is 11.0. The number of primary amides is 1. The van der Waals surface area contributed by atoms with Crippen molar-refractivity contribution in [3.63, 3.8) is 0 Å². The molecule has 5 nitrogen and oxygen atoms in total. The number of hydrogen-bond acceptors (Lipinski definition) is 5. The van der Waals surface area contributed by atoms with Gasteiger partial charge in [-0.15, -0.1) is 11.8 Å². The summed E-state index contributed by atoms with van der Waals surface area (Å²) in [5.41, 5.74) is 10.5. The van der Waals surface area contributed by atoms with E-state index in [0.717, 1.165) is 21.0 Å². The minimum absolute atomic E-state index is 0.197. The molecule has 2 amide bonds. The molecule has 0 aliphatic rings. The lowest BCUT2D eigenvalue weighted by molar-refractivity contribution is -0.115. The molecule has 0 atom stereocenters. The number of carbonyl (C=O) groups is 2. The Morgan fingerprint density at radius 3 is 2.56 bits per heavy atom. The molecule has 2 rings (SSSR count). The molecule has 132 valence electrons. The minimum Gasteiger partial charge on any atom is -0.369 e. The van der Waals surface area contributed by atoms with Crippen molar-refractivity contribution in [2.45, 2.75) is 31.9 Å².